The second-order valence-corrected chi connectivity index (χ2v) is 9.26. The Morgan fingerprint density at radius 1 is 1.17 bits per heavy atom. The molecule has 2 heterocycles. The number of hydrogen-bond donors (Lipinski definition) is 1. The summed E-state index contributed by atoms with van der Waals surface area (Å²) in [5, 5.41) is 2.59. The Kier molecular flexibility index (Phi) is 5.85. The molecule has 0 radical (unpaired) electrons. The summed E-state index contributed by atoms with van der Waals surface area (Å²) in [4.78, 5) is 3.64. The number of nitrogens with zero attached hydrogens (tertiary/aromatic N) is 1. The summed E-state index contributed by atoms with van der Waals surface area (Å²) < 4.78 is 27.8. The third kappa shape index (κ3) is 4.12. The number of rotatable bonds is 6. The molecule has 1 N–H and O–H groups in total. The van der Waals surface area contributed by atoms with Gasteiger partial charge in [0.05, 0.1) is 21.0 Å². The van der Waals surface area contributed by atoms with Gasteiger partial charge in [0.2, 0.25) is 10.0 Å². The number of nitrogens with one attached hydrogen (secondary N) is 1. The molecule has 1 saturated heterocycles. The number of benzene rings is 1. The van der Waals surface area contributed by atoms with E-state index in [1.807, 2.05) is 11.4 Å². The van der Waals surface area contributed by atoms with Crippen LogP contribution in [0.5, 0.6) is 0 Å². The smallest absolute Gasteiger partial charge is 0.240 e. The van der Waals surface area contributed by atoms with Gasteiger partial charge in [0.25, 0.3) is 0 Å². The zero-order chi connectivity index (χ0) is 17.2. The van der Waals surface area contributed by atoms with Crippen LogP contribution < -0.4 is 4.72 Å². The van der Waals surface area contributed by atoms with Gasteiger partial charge in [0, 0.05) is 11.4 Å². The third-order valence-electron chi connectivity index (χ3n) is 4.12. The summed E-state index contributed by atoms with van der Waals surface area (Å²) in [7, 11) is -3.63. The molecule has 130 valence electrons. The fourth-order valence-corrected chi connectivity index (χ4v) is 5.15. The molecule has 1 aliphatic rings. The first-order valence-electron chi connectivity index (χ1n) is 7.69. The highest BCUT2D eigenvalue weighted by Gasteiger charge is 2.26. The first-order valence-corrected chi connectivity index (χ1v) is 10.8. The van der Waals surface area contributed by atoms with Gasteiger partial charge in [-0.2, -0.15) is 0 Å². The van der Waals surface area contributed by atoms with Crippen LogP contribution >= 0.6 is 34.5 Å². The fraction of sp³-hybridized carbons (Fsp3) is 0.375. The normalized spacial score (nSPS) is 17.2. The lowest BCUT2D eigenvalue weighted by molar-refractivity contribution is 0.250. The van der Waals surface area contributed by atoms with Crippen molar-refractivity contribution in [2.45, 2.75) is 23.8 Å². The molecule has 1 aliphatic heterocycles. The van der Waals surface area contributed by atoms with Gasteiger partial charge in [-0.3, -0.25) is 4.90 Å². The summed E-state index contributed by atoms with van der Waals surface area (Å²) in [6.07, 6.45) is 2.31. The number of likely N-dealkylation sites (tertiary alicyclic amines) is 1. The molecule has 0 spiro atoms. The lowest BCUT2D eigenvalue weighted by Crippen LogP contribution is -2.36. The number of hydrogen-bond acceptors (Lipinski definition) is 4. The Hall–Kier alpha value is -0.630. The first-order chi connectivity index (χ1) is 11.5. The zero-order valence-corrected chi connectivity index (χ0v) is 16.1. The molecule has 0 aliphatic carbocycles. The van der Waals surface area contributed by atoms with E-state index in [9.17, 15) is 8.42 Å². The third-order valence-corrected chi connectivity index (χ3v) is 7.25. The zero-order valence-electron chi connectivity index (χ0n) is 12.9. The lowest BCUT2D eigenvalue weighted by Gasteiger charge is -2.26. The molecule has 4 nitrogen and oxygen atoms in total. The van der Waals surface area contributed by atoms with Gasteiger partial charge >= 0.3 is 0 Å². The van der Waals surface area contributed by atoms with Crippen molar-refractivity contribution in [2.75, 3.05) is 19.6 Å². The minimum absolute atomic E-state index is 0.0602. The number of thiophene rings is 1. The highest BCUT2D eigenvalue weighted by molar-refractivity contribution is 7.89. The van der Waals surface area contributed by atoms with Gasteiger partial charge in [0.15, 0.2) is 0 Å². The van der Waals surface area contributed by atoms with Crippen molar-refractivity contribution in [2.24, 2.45) is 0 Å². The Balaban J connectivity index is 1.76. The van der Waals surface area contributed by atoms with Crippen LogP contribution in [-0.2, 0) is 10.0 Å². The van der Waals surface area contributed by atoms with Crippen molar-refractivity contribution in [1.82, 2.24) is 9.62 Å². The second-order valence-electron chi connectivity index (χ2n) is 5.70. The molecule has 0 bridgehead atoms. The quantitative estimate of drug-likeness (QED) is 0.785. The van der Waals surface area contributed by atoms with Gasteiger partial charge in [-0.05, 0) is 55.6 Å². The van der Waals surface area contributed by atoms with Crippen LogP contribution in [0, 0.1) is 0 Å². The van der Waals surface area contributed by atoms with Crippen molar-refractivity contribution in [3.8, 4) is 0 Å². The molecule has 1 aromatic heterocycles. The topological polar surface area (TPSA) is 49.4 Å². The summed E-state index contributed by atoms with van der Waals surface area (Å²) in [5.74, 6) is 0. The van der Waals surface area contributed by atoms with Crippen molar-refractivity contribution in [1.29, 1.82) is 0 Å². The van der Waals surface area contributed by atoms with Crippen molar-refractivity contribution < 1.29 is 8.42 Å². The average Bonchev–Trinajstić information content (AvgIpc) is 3.24. The molecule has 8 heteroatoms. The maximum absolute atomic E-state index is 12.6. The maximum atomic E-state index is 12.6. The summed E-state index contributed by atoms with van der Waals surface area (Å²) >= 11 is 13.4. The van der Waals surface area contributed by atoms with E-state index < -0.39 is 10.0 Å². The van der Waals surface area contributed by atoms with E-state index in [4.69, 9.17) is 23.2 Å². The van der Waals surface area contributed by atoms with E-state index in [1.165, 1.54) is 23.1 Å². The summed E-state index contributed by atoms with van der Waals surface area (Å²) in [5.41, 5.74) is 0. The number of sulfonamides is 1. The first kappa shape index (κ1) is 18.2. The van der Waals surface area contributed by atoms with E-state index in [2.05, 4.69) is 15.7 Å². The maximum Gasteiger partial charge on any atom is 0.240 e. The molecule has 1 fully saturated rings. The van der Waals surface area contributed by atoms with Crippen LogP contribution in [0.4, 0.5) is 0 Å². The molecular weight excluding hydrogens is 387 g/mol. The van der Waals surface area contributed by atoms with E-state index in [1.54, 1.807) is 11.3 Å². The lowest BCUT2D eigenvalue weighted by atomic mass is 10.2. The Morgan fingerprint density at radius 2 is 1.92 bits per heavy atom. The summed E-state index contributed by atoms with van der Waals surface area (Å²) in [6, 6.07) is 8.45. The average molecular weight is 405 g/mol. The molecule has 0 amide bonds. The molecule has 0 saturated carbocycles. The van der Waals surface area contributed by atoms with Crippen molar-refractivity contribution in [3.05, 3.63) is 50.6 Å². The second kappa shape index (κ2) is 7.72. The Bertz CT molecular complexity index is 788. The fourth-order valence-electron chi connectivity index (χ4n) is 2.86. The molecular formula is C16H18Cl2N2O2S2. The van der Waals surface area contributed by atoms with Crippen molar-refractivity contribution in [3.63, 3.8) is 0 Å². The van der Waals surface area contributed by atoms with Gasteiger partial charge in [0.1, 0.15) is 0 Å². The largest absolute Gasteiger partial charge is 0.294 e. The predicted octanol–water partition coefficient (Wildman–Crippen LogP) is 4.17. The molecule has 2 aromatic rings. The molecule has 24 heavy (non-hydrogen) atoms. The van der Waals surface area contributed by atoms with Crippen LogP contribution in [0.15, 0.2) is 40.6 Å². The Labute approximate surface area is 156 Å². The van der Waals surface area contributed by atoms with E-state index in [0.29, 0.717) is 11.6 Å². The van der Waals surface area contributed by atoms with Gasteiger partial charge in [-0.15, -0.1) is 11.3 Å². The standard InChI is InChI=1S/C16H18Cl2N2O2S2/c17-13-6-5-12(10-14(13)18)24(21,22)19-11-15(16-4-3-9-23-16)20-7-1-2-8-20/h3-6,9-10,15,19H,1-2,7-8,11H2. The SMILES string of the molecule is O=S(=O)(NCC(c1cccs1)N1CCCC1)c1ccc(Cl)c(Cl)c1. The van der Waals surface area contributed by atoms with Gasteiger partial charge in [-0.25, -0.2) is 13.1 Å². The molecule has 1 aromatic carbocycles. The predicted molar refractivity (Wildman–Crippen MR) is 99.5 cm³/mol. The van der Waals surface area contributed by atoms with Gasteiger partial charge < -0.3 is 0 Å². The van der Waals surface area contributed by atoms with Crippen LogP contribution in [-0.4, -0.2) is 33.0 Å². The van der Waals surface area contributed by atoms with E-state index >= 15 is 0 Å². The molecule has 3 rings (SSSR count). The number of halogens is 2. The highest BCUT2D eigenvalue weighted by atomic mass is 35.5. The van der Waals surface area contributed by atoms with Crippen molar-refractivity contribution >= 4 is 44.6 Å². The minimum atomic E-state index is -3.63. The molecule has 1 unspecified atom stereocenters. The van der Waals surface area contributed by atoms with Crippen LogP contribution in [0.3, 0.4) is 0 Å². The van der Waals surface area contributed by atoms with Crippen LogP contribution in [0.2, 0.25) is 10.0 Å². The van der Waals surface area contributed by atoms with Crippen LogP contribution in [0.1, 0.15) is 23.8 Å². The van der Waals surface area contributed by atoms with E-state index in [-0.39, 0.29) is 16.0 Å². The van der Waals surface area contributed by atoms with E-state index in [0.717, 1.165) is 25.9 Å². The van der Waals surface area contributed by atoms with Crippen LogP contribution in [0.25, 0.3) is 0 Å². The Morgan fingerprint density at radius 3 is 2.54 bits per heavy atom. The minimum Gasteiger partial charge on any atom is -0.294 e. The van der Waals surface area contributed by atoms with Gasteiger partial charge in [-0.1, -0.05) is 29.3 Å². The monoisotopic (exact) mass is 404 g/mol. The highest BCUT2D eigenvalue weighted by Crippen LogP contribution is 2.29. The molecule has 1 atom stereocenters. The summed E-state index contributed by atoms with van der Waals surface area (Å²) in [6.45, 7) is 2.33.